The SMILES string of the molecule is CC(=O)OCC1=CO[C@H](OC(=O)CC(C)C)[C@H]2C1=C[C@@H](OC(=O)CC(C)(C)OC(C)=O)[C@]21CO1. The van der Waals surface area contributed by atoms with Gasteiger partial charge in [0.2, 0.25) is 0 Å². The van der Waals surface area contributed by atoms with Crippen molar-refractivity contribution < 1.29 is 47.6 Å². The number of esters is 4. The zero-order valence-corrected chi connectivity index (χ0v) is 20.4. The number of carbonyl (C=O) groups is 4. The molecule has 3 aliphatic rings. The Morgan fingerprint density at radius 3 is 2.35 bits per heavy atom. The number of fused-ring (bicyclic) bond motifs is 2. The van der Waals surface area contributed by atoms with Crippen LogP contribution in [0.25, 0.3) is 0 Å². The van der Waals surface area contributed by atoms with E-state index in [0.29, 0.717) is 11.1 Å². The molecule has 0 amide bonds. The predicted octanol–water partition coefficient (Wildman–Crippen LogP) is 2.35. The standard InChI is InChI=1S/C24H32O10/c1-13(2)7-19(27)33-22-21-17(16(11-30-22)10-29-14(3)25)8-18(24(21)12-31-24)32-20(28)9-23(5,6)34-15(4)26/h8,11,13,18,21-22H,7,9-10,12H2,1-6H3/t18-,21-,22-,24-/m1/s1. The van der Waals surface area contributed by atoms with Crippen LogP contribution in [0.3, 0.4) is 0 Å². The predicted molar refractivity (Wildman–Crippen MR) is 116 cm³/mol. The fraction of sp³-hybridized carbons (Fsp3) is 0.667. The minimum absolute atomic E-state index is 0.0550. The highest BCUT2D eigenvalue weighted by Gasteiger charge is 2.68. The Hall–Kier alpha value is -2.88. The smallest absolute Gasteiger partial charge is 0.310 e. The van der Waals surface area contributed by atoms with E-state index in [0.717, 1.165) is 0 Å². The van der Waals surface area contributed by atoms with Gasteiger partial charge in [0.25, 0.3) is 6.29 Å². The van der Waals surface area contributed by atoms with Crippen molar-refractivity contribution in [1.82, 2.24) is 0 Å². The summed E-state index contributed by atoms with van der Waals surface area (Å²) >= 11 is 0. The van der Waals surface area contributed by atoms with E-state index >= 15 is 0 Å². The lowest BCUT2D eigenvalue weighted by Crippen LogP contribution is -2.45. The van der Waals surface area contributed by atoms with Gasteiger partial charge in [0, 0.05) is 25.8 Å². The molecular formula is C24H32O10. The van der Waals surface area contributed by atoms with E-state index in [-0.39, 0.29) is 32.0 Å². The van der Waals surface area contributed by atoms with E-state index in [4.69, 9.17) is 28.4 Å². The number of hydrogen-bond acceptors (Lipinski definition) is 10. The molecule has 0 bridgehead atoms. The van der Waals surface area contributed by atoms with Crippen LogP contribution in [0.15, 0.2) is 23.5 Å². The molecule has 1 fully saturated rings. The summed E-state index contributed by atoms with van der Waals surface area (Å²) in [6.07, 6.45) is 1.39. The third-order valence-corrected chi connectivity index (χ3v) is 5.64. The second-order valence-corrected chi connectivity index (χ2v) is 9.80. The highest BCUT2D eigenvalue weighted by Crippen LogP contribution is 2.54. The van der Waals surface area contributed by atoms with Gasteiger partial charge in [-0.3, -0.25) is 19.2 Å². The van der Waals surface area contributed by atoms with Crippen LogP contribution < -0.4 is 0 Å². The molecule has 0 aromatic carbocycles. The molecule has 0 radical (unpaired) electrons. The van der Waals surface area contributed by atoms with Gasteiger partial charge >= 0.3 is 23.9 Å². The largest absolute Gasteiger partial charge is 0.461 e. The van der Waals surface area contributed by atoms with Gasteiger partial charge in [-0.2, -0.15) is 0 Å². The van der Waals surface area contributed by atoms with Gasteiger partial charge in [0.15, 0.2) is 6.10 Å². The fourth-order valence-corrected chi connectivity index (χ4v) is 4.25. The van der Waals surface area contributed by atoms with Crippen molar-refractivity contribution >= 4 is 23.9 Å². The Morgan fingerprint density at radius 2 is 1.79 bits per heavy atom. The van der Waals surface area contributed by atoms with Gasteiger partial charge in [0.05, 0.1) is 25.2 Å². The number of hydrogen-bond donors (Lipinski definition) is 0. The van der Waals surface area contributed by atoms with E-state index in [2.05, 4.69) is 0 Å². The van der Waals surface area contributed by atoms with Crippen LogP contribution in [0.1, 0.15) is 54.4 Å². The minimum atomic E-state index is -1.04. The van der Waals surface area contributed by atoms with Gasteiger partial charge in [-0.1, -0.05) is 13.8 Å². The van der Waals surface area contributed by atoms with Crippen molar-refractivity contribution in [1.29, 1.82) is 0 Å². The minimum Gasteiger partial charge on any atom is -0.461 e. The first-order chi connectivity index (χ1) is 15.8. The summed E-state index contributed by atoms with van der Waals surface area (Å²) in [5, 5.41) is 0. The van der Waals surface area contributed by atoms with Crippen molar-refractivity contribution in [2.24, 2.45) is 11.8 Å². The molecule has 4 atom stereocenters. The molecule has 1 aliphatic carbocycles. The van der Waals surface area contributed by atoms with Crippen molar-refractivity contribution in [2.45, 2.75) is 78.0 Å². The molecule has 10 nitrogen and oxygen atoms in total. The molecule has 0 aromatic rings. The first kappa shape index (κ1) is 25.7. The maximum absolute atomic E-state index is 12.7. The zero-order chi connectivity index (χ0) is 25.3. The van der Waals surface area contributed by atoms with Crippen LogP contribution in [-0.4, -0.2) is 60.7 Å². The summed E-state index contributed by atoms with van der Waals surface area (Å²) in [5.74, 6) is -2.44. The van der Waals surface area contributed by atoms with Crippen LogP contribution in [0.4, 0.5) is 0 Å². The van der Waals surface area contributed by atoms with E-state index < -0.39 is 53.4 Å². The number of carbonyl (C=O) groups excluding carboxylic acids is 4. The van der Waals surface area contributed by atoms with Crippen molar-refractivity contribution in [3.63, 3.8) is 0 Å². The average molecular weight is 481 g/mol. The number of rotatable bonds is 9. The first-order valence-electron chi connectivity index (χ1n) is 11.3. The Morgan fingerprint density at radius 1 is 1.12 bits per heavy atom. The molecule has 3 rings (SSSR count). The van der Waals surface area contributed by atoms with E-state index in [1.165, 1.54) is 20.1 Å². The van der Waals surface area contributed by atoms with Gasteiger partial charge in [0.1, 0.15) is 17.8 Å². The highest BCUT2D eigenvalue weighted by molar-refractivity contribution is 5.73. The number of epoxide rings is 1. The molecule has 2 aliphatic heterocycles. The van der Waals surface area contributed by atoms with Crippen molar-refractivity contribution in [2.75, 3.05) is 13.2 Å². The van der Waals surface area contributed by atoms with Crippen molar-refractivity contribution in [3.05, 3.63) is 23.5 Å². The monoisotopic (exact) mass is 480 g/mol. The molecule has 1 saturated heterocycles. The van der Waals surface area contributed by atoms with E-state index in [9.17, 15) is 19.2 Å². The lowest BCUT2D eigenvalue weighted by Gasteiger charge is -2.33. The van der Waals surface area contributed by atoms with Crippen LogP contribution >= 0.6 is 0 Å². The Balaban J connectivity index is 1.81. The highest BCUT2D eigenvalue weighted by atomic mass is 16.7. The first-order valence-corrected chi connectivity index (χ1v) is 11.3. The van der Waals surface area contributed by atoms with Gasteiger partial charge in [-0.15, -0.1) is 0 Å². The van der Waals surface area contributed by atoms with Gasteiger partial charge in [-0.05, 0) is 31.4 Å². The third-order valence-electron chi connectivity index (χ3n) is 5.64. The lowest BCUT2D eigenvalue weighted by molar-refractivity contribution is -0.187. The molecule has 0 saturated carbocycles. The molecule has 0 aromatic heterocycles. The lowest BCUT2D eigenvalue weighted by atomic mass is 9.85. The summed E-state index contributed by atoms with van der Waals surface area (Å²) < 4.78 is 33.2. The maximum Gasteiger partial charge on any atom is 0.310 e. The molecule has 34 heavy (non-hydrogen) atoms. The second-order valence-electron chi connectivity index (χ2n) is 9.80. The molecule has 2 heterocycles. The Bertz CT molecular complexity index is 909. The second kappa shape index (κ2) is 9.77. The Kier molecular flexibility index (Phi) is 7.40. The molecule has 0 unspecified atom stereocenters. The maximum atomic E-state index is 12.7. The van der Waals surface area contributed by atoms with Gasteiger partial charge < -0.3 is 28.4 Å². The molecule has 188 valence electrons. The van der Waals surface area contributed by atoms with Crippen LogP contribution in [0, 0.1) is 11.8 Å². The average Bonchev–Trinajstić information content (AvgIpc) is 3.39. The molecule has 10 heteroatoms. The quantitative estimate of drug-likeness (QED) is 0.276. The van der Waals surface area contributed by atoms with E-state index in [1.54, 1.807) is 19.9 Å². The zero-order valence-electron chi connectivity index (χ0n) is 20.4. The molecular weight excluding hydrogens is 448 g/mol. The van der Waals surface area contributed by atoms with Crippen LogP contribution in [0.2, 0.25) is 0 Å². The van der Waals surface area contributed by atoms with Gasteiger partial charge in [-0.25, -0.2) is 0 Å². The van der Waals surface area contributed by atoms with Crippen LogP contribution in [-0.2, 0) is 47.6 Å². The fourth-order valence-electron chi connectivity index (χ4n) is 4.25. The van der Waals surface area contributed by atoms with Crippen molar-refractivity contribution in [3.8, 4) is 0 Å². The normalized spacial score (nSPS) is 27.2. The Labute approximate surface area is 198 Å². The summed E-state index contributed by atoms with van der Waals surface area (Å²) in [7, 11) is 0. The molecule has 0 N–H and O–H groups in total. The summed E-state index contributed by atoms with van der Waals surface area (Å²) in [6.45, 7) is 9.80. The van der Waals surface area contributed by atoms with Crippen LogP contribution in [0.5, 0.6) is 0 Å². The third kappa shape index (κ3) is 5.97. The summed E-state index contributed by atoms with van der Waals surface area (Å²) in [5.41, 5.74) is -0.777. The molecule has 1 spiro atoms. The number of ether oxygens (including phenoxy) is 6. The summed E-state index contributed by atoms with van der Waals surface area (Å²) in [6, 6.07) is 0. The van der Waals surface area contributed by atoms with E-state index in [1.807, 2.05) is 13.8 Å². The summed E-state index contributed by atoms with van der Waals surface area (Å²) in [4.78, 5) is 47.7. The topological polar surface area (TPSA) is 127 Å².